The molecule has 202 valence electrons. The van der Waals surface area contributed by atoms with Gasteiger partial charge in [0, 0.05) is 23.4 Å². The Hall–Kier alpha value is -4.91. The minimum absolute atomic E-state index is 0.0770. The second-order valence-electron chi connectivity index (χ2n) is 9.99. The second-order valence-corrected chi connectivity index (χ2v) is 9.99. The van der Waals surface area contributed by atoms with Crippen LogP contribution in [0.2, 0.25) is 0 Å². The Balaban J connectivity index is 1.28. The number of nitrogens with one attached hydrogen (secondary N) is 1. The molecule has 1 aliphatic rings. The van der Waals surface area contributed by atoms with Crippen LogP contribution in [0.15, 0.2) is 97.1 Å². The van der Waals surface area contributed by atoms with E-state index in [1.165, 1.54) is 7.11 Å². The number of amides is 2. The van der Waals surface area contributed by atoms with Crippen LogP contribution in [0, 0.1) is 5.92 Å². The Bertz CT molecular complexity index is 1550. The zero-order valence-corrected chi connectivity index (χ0v) is 22.6. The Morgan fingerprint density at radius 2 is 1.52 bits per heavy atom. The summed E-state index contributed by atoms with van der Waals surface area (Å²) in [5.74, 6) is 0.351. The lowest BCUT2D eigenvalue weighted by Gasteiger charge is -2.28. The van der Waals surface area contributed by atoms with Crippen molar-refractivity contribution in [1.29, 1.82) is 0 Å². The van der Waals surface area contributed by atoms with Crippen LogP contribution >= 0.6 is 0 Å². The van der Waals surface area contributed by atoms with Crippen molar-refractivity contribution in [3.05, 3.63) is 114 Å². The van der Waals surface area contributed by atoms with E-state index in [-0.39, 0.29) is 17.7 Å². The maximum atomic E-state index is 13.2. The molecule has 7 nitrogen and oxygen atoms in total. The van der Waals surface area contributed by atoms with Gasteiger partial charge in [-0.3, -0.25) is 9.59 Å². The summed E-state index contributed by atoms with van der Waals surface area (Å²) in [6.07, 6.45) is 0. The molecule has 0 unspecified atom stereocenters. The van der Waals surface area contributed by atoms with Gasteiger partial charge >= 0.3 is 5.97 Å². The number of benzene rings is 4. The zero-order valence-electron chi connectivity index (χ0n) is 22.6. The van der Waals surface area contributed by atoms with Crippen LogP contribution in [-0.2, 0) is 16.1 Å². The molecule has 1 aliphatic heterocycles. The van der Waals surface area contributed by atoms with Gasteiger partial charge in [-0.1, -0.05) is 62.4 Å². The minimum Gasteiger partial charge on any atom is -0.467 e. The molecule has 40 heavy (non-hydrogen) atoms. The fourth-order valence-corrected chi connectivity index (χ4v) is 4.88. The van der Waals surface area contributed by atoms with Gasteiger partial charge in [-0.15, -0.1) is 0 Å². The van der Waals surface area contributed by atoms with Crippen LogP contribution in [0.1, 0.15) is 40.1 Å². The molecule has 7 heteroatoms. The van der Waals surface area contributed by atoms with E-state index in [9.17, 15) is 14.4 Å². The maximum absolute atomic E-state index is 13.2. The summed E-state index contributed by atoms with van der Waals surface area (Å²) in [5.41, 5.74) is 4.36. The number of para-hydroxylation sites is 1. The van der Waals surface area contributed by atoms with Crippen molar-refractivity contribution in [3.63, 3.8) is 0 Å². The predicted molar refractivity (Wildman–Crippen MR) is 153 cm³/mol. The molecule has 2 amide bonds. The van der Waals surface area contributed by atoms with E-state index in [2.05, 4.69) is 5.32 Å². The molecule has 0 radical (unpaired) electrons. The maximum Gasteiger partial charge on any atom is 0.328 e. The number of fused-ring (bicyclic) bond motifs is 1. The standard InChI is InChI=1S/C33H30N2O5/c1-21(2)30(33(38)39-3)35-20-25-13-12-23(19-29(25)32(35)37)22-14-16-26(17-15-22)34-31(36)24-8-7-11-28(18-24)40-27-9-5-4-6-10-27/h4-19,21,30H,20H2,1-3H3,(H,34,36)/t30-/m0/s1. The Labute approximate surface area is 233 Å². The van der Waals surface area contributed by atoms with Gasteiger partial charge in [-0.05, 0) is 71.1 Å². The highest BCUT2D eigenvalue weighted by molar-refractivity contribution is 6.05. The van der Waals surface area contributed by atoms with Crippen LogP contribution in [0.4, 0.5) is 5.69 Å². The highest BCUT2D eigenvalue weighted by Crippen LogP contribution is 2.32. The van der Waals surface area contributed by atoms with Crippen molar-refractivity contribution in [2.45, 2.75) is 26.4 Å². The summed E-state index contributed by atoms with van der Waals surface area (Å²) >= 11 is 0. The van der Waals surface area contributed by atoms with Crippen molar-refractivity contribution in [2.75, 3.05) is 12.4 Å². The third kappa shape index (κ3) is 5.59. The van der Waals surface area contributed by atoms with Gasteiger partial charge in [-0.25, -0.2) is 4.79 Å². The van der Waals surface area contributed by atoms with Crippen molar-refractivity contribution in [3.8, 4) is 22.6 Å². The van der Waals surface area contributed by atoms with Crippen molar-refractivity contribution < 1.29 is 23.9 Å². The first-order valence-electron chi connectivity index (χ1n) is 13.1. The van der Waals surface area contributed by atoms with Crippen molar-refractivity contribution in [1.82, 2.24) is 4.90 Å². The monoisotopic (exact) mass is 534 g/mol. The first-order valence-corrected chi connectivity index (χ1v) is 13.1. The molecule has 1 N–H and O–H groups in total. The van der Waals surface area contributed by atoms with Crippen LogP contribution in [0.5, 0.6) is 11.5 Å². The second kappa shape index (κ2) is 11.5. The average molecular weight is 535 g/mol. The van der Waals surface area contributed by atoms with Gasteiger partial charge in [0.25, 0.3) is 11.8 Å². The SMILES string of the molecule is COC(=O)[C@H](C(C)C)N1Cc2ccc(-c3ccc(NC(=O)c4cccc(Oc5ccccc5)c4)cc3)cc2C1=O. The fraction of sp³-hybridized carbons (Fsp3) is 0.182. The normalized spacial score (nSPS) is 13.1. The largest absolute Gasteiger partial charge is 0.467 e. The zero-order chi connectivity index (χ0) is 28.2. The van der Waals surface area contributed by atoms with E-state index in [4.69, 9.17) is 9.47 Å². The first-order chi connectivity index (χ1) is 19.3. The van der Waals surface area contributed by atoms with Gasteiger partial charge in [0.2, 0.25) is 0 Å². The number of rotatable bonds is 8. The van der Waals surface area contributed by atoms with Crippen molar-refractivity contribution in [2.24, 2.45) is 5.92 Å². The van der Waals surface area contributed by atoms with E-state index < -0.39 is 12.0 Å². The number of ether oxygens (including phenoxy) is 2. The molecule has 4 aromatic rings. The lowest BCUT2D eigenvalue weighted by atomic mass is 10.00. The van der Waals surface area contributed by atoms with Gasteiger partial charge in [0.05, 0.1) is 7.11 Å². The van der Waals surface area contributed by atoms with E-state index in [0.29, 0.717) is 34.9 Å². The number of esters is 1. The Morgan fingerprint density at radius 3 is 2.23 bits per heavy atom. The average Bonchev–Trinajstić information content (AvgIpc) is 3.28. The Morgan fingerprint density at radius 1 is 0.825 bits per heavy atom. The number of methoxy groups -OCH3 is 1. The third-order valence-corrected chi connectivity index (χ3v) is 6.90. The minimum atomic E-state index is -0.637. The number of hydrogen-bond donors (Lipinski definition) is 1. The molecule has 0 bridgehead atoms. The smallest absolute Gasteiger partial charge is 0.328 e. The lowest BCUT2D eigenvalue weighted by molar-refractivity contribution is -0.147. The van der Waals surface area contributed by atoms with E-state index in [0.717, 1.165) is 16.7 Å². The molecule has 0 aromatic heterocycles. The molecule has 1 atom stereocenters. The van der Waals surface area contributed by atoms with Crippen LogP contribution in [-0.4, -0.2) is 35.8 Å². The van der Waals surface area contributed by atoms with Crippen LogP contribution in [0.3, 0.4) is 0 Å². The van der Waals surface area contributed by atoms with E-state index in [1.807, 2.05) is 86.6 Å². The number of nitrogens with zero attached hydrogens (tertiary/aromatic N) is 1. The van der Waals surface area contributed by atoms with E-state index >= 15 is 0 Å². The number of carbonyl (C=O) groups excluding carboxylic acids is 3. The molecule has 0 aliphatic carbocycles. The van der Waals surface area contributed by atoms with E-state index in [1.54, 1.807) is 29.2 Å². The summed E-state index contributed by atoms with van der Waals surface area (Å²) in [6, 6.07) is 29.0. The molecule has 0 fully saturated rings. The number of carbonyl (C=O) groups is 3. The summed E-state index contributed by atoms with van der Waals surface area (Å²) in [5, 5.41) is 2.92. The summed E-state index contributed by atoms with van der Waals surface area (Å²) in [4.78, 5) is 40.1. The van der Waals surface area contributed by atoms with Crippen molar-refractivity contribution >= 4 is 23.5 Å². The van der Waals surface area contributed by atoms with Crippen LogP contribution in [0.25, 0.3) is 11.1 Å². The predicted octanol–water partition coefficient (Wildman–Crippen LogP) is 6.55. The molecular weight excluding hydrogens is 504 g/mol. The van der Waals surface area contributed by atoms with Gasteiger partial charge in [0.1, 0.15) is 17.5 Å². The third-order valence-electron chi connectivity index (χ3n) is 6.90. The molecule has 0 spiro atoms. The highest BCUT2D eigenvalue weighted by atomic mass is 16.5. The van der Waals surface area contributed by atoms with Gasteiger partial charge in [0.15, 0.2) is 0 Å². The molecule has 4 aromatic carbocycles. The number of anilines is 1. The topological polar surface area (TPSA) is 84.9 Å². The fourth-order valence-electron chi connectivity index (χ4n) is 4.88. The van der Waals surface area contributed by atoms with Crippen LogP contribution < -0.4 is 10.1 Å². The molecule has 0 saturated heterocycles. The first kappa shape index (κ1) is 26.7. The lowest BCUT2D eigenvalue weighted by Crippen LogP contribution is -2.45. The molecular formula is C33H30N2O5. The molecule has 5 rings (SSSR count). The summed E-state index contributed by atoms with van der Waals surface area (Å²) in [6.45, 7) is 4.17. The number of hydrogen-bond acceptors (Lipinski definition) is 5. The highest BCUT2D eigenvalue weighted by Gasteiger charge is 2.38. The molecule has 1 heterocycles. The summed E-state index contributed by atoms with van der Waals surface area (Å²) in [7, 11) is 1.34. The van der Waals surface area contributed by atoms with Gasteiger partial charge < -0.3 is 19.7 Å². The molecule has 0 saturated carbocycles. The Kier molecular flexibility index (Phi) is 7.64. The summed E-state index contributed by atoms with van der Waals surface area (Å²) < 4.78 is 10.8. The quantitative estimate of drug-likeness (QED) is 0.259. The van der Waals surface area contributed by atoms with Gasteiger partial charge in [-0.2, -0.15) is 0 Å².